The summed E-state index contributed by atoms with van der Waals surface area (Å²) in [5.74, 6) is -0.167. The van der Waals surface area contributed by atoms with Crippen LogP contribution in [0, 0.1) is 0 Å². The second kappa shape index (κ2) is 8.05. The molecular formula is C18H26ClN3O4S. The standard InChI is InChI=1S/C18H26ClN3O4S/c1-13-11-22(12-14(2)26-13)27(24,25)17-10-15(4-5-16(17)19)18(23)21-8-6-20(3)7-9-21/h4-5,10,13-14H,6-9,11-12H2,1-3H3. The van der Waals surface area contributed by atoms with Crippen molar-refractivity contribution in [2.45, 2.75) is 31.0 Å². The van der Waals surface area contributed by atoms with Gasteiger partial charge in [0.25, 0.3) is 5.91 Å². The fraction of sp³-hybridized carbons (Fsp3) is 0.611. The Morgan fingerprint density at radius 1 is 1.11 bits per heavy atom. The summed E-state index contributed by atoms with van der Waals surface area (Å²) in [5, 5.41) is 0.122. The molecule has 1 aromatic carbocycles. The molecular weight excluding hydrogens is 390 g/mol. The quantitative estimate of drug-likeness (QED) is 0.748. The summed E-state index contributed by atoms with van der Waals surface area (Å²) in [6.45, 7) is 7.05. The molecule has 0 radical (unpaired) electrons. The van der Waals surface area contributed by atoms with Gasteiger partial charge in [-0.25, -0.2) is 8.42 Å². The van der Waals surface area contributed by atoms with Crippen LogP contribution in [0.25, 0.3) is 0 Å². The molecule has 2 heterocycles. The summed E-state index contributed by atoms with van der Waals surface area (Å²) in [7, 11) is -1.80. The summed E-state index contributed by atoms with van der Waals surface area (Å²) in [4.78, 5) is 16.7. The lowest BCUT2D eigenvalue weighted by Crippen LogP contribution is -2.48. The fourth-order valence-electron chi connectivity index (χ4n) is 3.49. The Morgan fingerprint density at radius 2 is 1.70 bits per heavy atom. The number of carbonyl (C=O) groups is 1. The van der Waals surface area contributed by atoms with E-state index in [0.29, 0.717) is 18.7 Å². The number of hydrogen-bond acceptors (Lipinski definition) is 5. The first-order valence-electron chi connectivity index (χ1n) is 9.11. The van der Waals surface area contributed by atoms with Gasteiger partial charge in [-0.2, -0.15) is 4.31 Å². The SMILES string of the molecule is CC1CN(S(=O)(=O)c2cc(C(=O)N3CCN(C)CC3)ccc2Cl)CC(C)O1. The van der Waals surface area contributed by atoms with Gasteiger partial charge in [-0.3, -0.25) is 4.79 Å². The maximum atomic E-state index is 13.1. The van der Waals surface area contributed by atoms with Crippen molar-refractivity contribution < 1.29 is 17.9 Å². The lowest BCUT2D eigenvalue weighted by atomic mass is 10.2. The highest BCUT2D eigenvalue weighted by Gasteiger charge is 2.34. The Labute approximate surface area is 165 Å². The van der Waals surface area contributed by atoms with E-state index in [4.69, 9.17) is 16.3 Å². The van der Waals surface area contributed by atoms with Gasteiger partial charge < -0.3 is 14.5 Å². The first kappa shape index (κ1) is 20.5. The number of amides is 1. The largest absolute Gasteiger partial charge is 0.373 e. The minimum atomic E-state index is -3.81. The third kappa shape index (κ3) is 4.46. The van der Waals surface area contributed by atoms with E-state index >= 15 is 0 Å². The van der Waals surface area contributed by atoms with Gasteiger partial charge in [0.15, 0.2) is 0 Å². The predicted octanol–water partition coefficient (Wildman–Crippen LogP) is 1.53. The van der Waals surface area contributed by atoms with Gasteiger partial charge in [0.1, 0.15) is 4.90 Å². The van der Waals surface area contributed by atoms with E-state index in [-0.39, 0.29) is 41.1 Å². The highest BCUT2D eigenvalue weighted by molar-refractivity contribution is 7.89. The molecule has 0 saturated carbocycles. The number of piperazine rings is 1. The van der Waals surface area contributed by atoms with Gasteiger partial charge in [0, 0.05) is 44.8 Å². The van der Waals surface area contributed by atoms with Crippen LogP contribution in [0.5, 0.6) is 0 Å². The molecule has 2 unspecified atom stereocenters. The van der Waals surface area contributed by atoms with Crippen molar-refractivity contribution in [3.63, 3.8) is 0 Å². The molecule has 2 saturated heterocycles. The number of rotatable bonds is 3. The van der Waals surface area contributed by atoms with Crippen LogP contribution in [0.15, 0.2) is 23.1 Å². The molecule has 2 aliphatic heterocycles. The lowest BCUT2D eigenvalue weighted by molar-refractivity contribution is -0.0440. The molecule has 9 heteroatoms. The fourth-order valence-corrected chi connectivity index (χ4v) is 5.58. The number of halogens is 1. The molecule has 7 nitrogen and oxygen atoms in total. The van der Waals surface area contributed by atoms with Gasteiger partial charge in [-0.15, -0.1) is 0 Å². The number of sulfonamides is 1. The molecule has 0 aliphatic carbocycles. The van der Waals surface area contributed by atoms with Gasteiger partial charge >= 0.3 is 0 Å². The molecule has 2 atom stereocenters. The number of likely N-dealkylation sites (N-methyl/N-ethyl adjacent to an activating group) is 1. The molecule has 27 heavy (non-hydrogen) atoms. The number of morpholine rings is 1. The van der Waals surface area contributed by atoms with Crippen molar-refractivity contribution in [3.8, 4) is 0 Å². The van der Waals surface area contributed by atoms with E-state index in [1.165, 1.54) is 16.4 Å². The first-order valence-corrected chi connectivity index (χ1v) is 10.9. The van der Waals surface area contributed by atoms with E-state index in [9.17, 15) is 13.2 Å². The number of nitrogens with zero attached hydrogens (tertiary/aromatic N) is 3. The lowest BCUT2D eigenvalue weighted by Gasteiger charge is -2.34. The number of carbonyl (C=O) groups excluding carboxylic acids is 1. The van der Waals surface area contributed by atoms with Crippen LogP contribution < -0.4 is 0 Å². The number of ether oxygens (including phenoxy) is 1. The van der Waals surface area contributed by atoms with Crippen LogP contribution >= 0.6 is 11.6 Å². The van der Waals surface area contributed by atoms with Gasteiger partial charge in [-0.05, 0) is 39.1 Å². The Hall–Kier alpha value is -1.19. The van der Waals surface area contributed by atoms with Crippen molar-refractivity contribution in [1.29, 1.82) is 0 Å². The molecule has 150 valence electrons. The highest BCUT2D eigenvalue weighted by atomic mass is 35.5. The monoisotopic (exact) mass is 415 g/mol. The summed E-state index contributed by atoms with van der Waals surface area (Å²) in [6, 6.07) is 4.49. The summed E-state index contributed by atoms with van der Waals surface area (Å²) >= 11 is 6.21. The van der Waals surface area contributed by atoms with E-state index < -0.39 is 10.0 Å². The highest BCUT2D eigenvalue weighted by Crippen LogP contribution is 2.28. The van der Waals surface area contributed by atoms with E-state index in [1.807, 2.05) is 20.9 Å². The van der Waals surface area contributed by atoms with Crippen LogP contribution in [-0.4, -0.2) is 87.0 Å². The molecule has 2 aliphatic rings. The summed E-state index contributed by atoms with van der Waals surface area (Å²) in [5.41, 5.74) is 0.344. The minimum absolute atomic E-state index is 0.0227. The average molecular weight is 416 g/mol. The maximum absolute atomic E-state index is 13.1. The Balaban J connectivity index is 1.87. The smallest absolute Gasteiger partial charge is 0.253 e. The van der Waals surface area contributed by atoms with E-state index in [2.05, 4.69) is 4.90 Å². The predicted molar refractivity (Wildman–Crippen MR) is 104 cm³/mol. The van der Waals surface area contributed by atoms with E-state index in [0.717, 1.165) is 13.1 Å². The van der Waals surface area contributed by atoms with Crippen molar-refractivity contribution in [2.24, 2.45) is 0 Å². The second-order valence-corrected chi connectivity index (χ2v) is 9.63. The van der Waals surface area contributed by atoms with Crippen LogP contribution in [0.1, 0.15) is 24.2 Å². The zero-order valence-electron chi connectivity index (χ0n) is 15.9. The Kier molecular flexibility index (Phi) is 6.12. The van der Waals surface area contributed by atoms with Gasteiger partial charge in [0.05, 0.1) is 17.2 Å². The number of benzene rings is 1. The number of hydrogen-bond donors (Lipinski definition) is 0. The third-order valence-corrected chi connectivity index (χ3v) is 7.29. The molecule has 0 bridgehead atoms. The minimum Gasteiger partial charge on any atom is -0.373 e. The Morgan fingerprint density at radius 3 is 2.30 bits per heavy atom. The van der Waals surface area contributed by atoms with Gasteiger partial charge in [-0.1, -0.05) is 11.6 Å². The second-order valence-electron chi connectivity index (χ2n) is 7.32. The van der Waals surface area contributed by atoms with Crippen LogP contribution in [-0.2, 0) is 14.8 Å². The summed E-state index contributed by atoms with van der Waals surface area (Å²) in [6.07, 6.45) is -0.394. The maximum Gasteiger partial charge on any atom is 0.253 e. The zero-order chi connectivity index (χ0) is 19.8. The van der Waals surface area contributed by atoms with Crippen LogP contribution in [0.2, 0.25) is 5.02 Å². The molecule has 1 aromatic rings. The molecule has 1 amide bonds. The molecule has 0 N–H and O–H groups in total. The normalized spacial score (nSPS) is 25.6. The summed E-state index contributed by atoms with van der Waals surface area (Å²) < 4.78 is 33.3. The molecule has 3 rings (SSSR count). The third-order valence-electron chi connectivity index (χ3n) is 4.97. The molecule has 2 fully saturated rings. The van der Waals surface area contributed by atoms with Crippen LogP contribution in [0.4, 0.5) is 0 Å². The molecule has 0 spiro atoms. The van der Waals surface area contributed by atoms with Crippen molar-refractivity contribution in [1.82, 2.24) is 14.1 Å². The topological polar surface area (TPSA) is 70.2 Å². The average Bonchev–Trinajstić information content (AvgIpc) is 2.61. The molecule has 0 aromatic heterocycles. The first-order chi connectivity index (χ1) is 12.7. The van der Waals surface area contributed by atoms with Gasteiger partial charge in [0.2, 0.25) is 10.0 Å². The zero-order valence-corrected chi connectivity index (χ0v) is 17.5. The Bertz CT molecular complexity index is 799. The van der Waals surface area contributed by atoms with Crippen LogP contribution in [0.3, 0.4) is 0 Å². The van der Waals surface area contributed by atoms with Crippen molar-refractivity contribution in [2.75, 3.05) is 46.3 Å². The van der Waals surface area contributed by atoms with Crippen molar-refractivity contribution in [3.05, 3.63) is 28.8 Å². The van der Waals surface area contributed by atoms with E-state index in [1.54, 1.807) is 11.0 Å². The van der Waals surface area contributed by atoms with Crippen molar-refractivity contribution >= 4 is 27.5 Å².